The molecule has 0 aliphatic rings. The zero-order chi connectivity index (χ0) is 23.9. The van der Waals surface area contributed by atoms with Crippen molar-refractivity contribution in [1.82, 2.24) is 4.98 Å². The third-order valence-electron chi connectivity index (χ3n) is 5.54. The van der Waals surface area contributed by atoms with Crippen LogP contribution in [0.4, 0.5) is 0 Å². The summed E-state index contributed by atoms with van der Waals surface area (Å²) in [6, 6.07) is 25.6. The molecule has 0 amide bonds. The van der Waals surface area contributed by atoms with Crippen LogP contribution in [0.15, 0.2) is 107 Å². The van der Waals surface area contributed by atoms with E-state index in [2.05, 4.69) is 4.98 Å². The topological polar surface area (TPSA) is 90.4 Å². The van der Waals surface area contributed by atoms with Crippen LogP contribution in [-0.2, 0) is 20.0 Å². The molecule has 34 heavy (non-hydrogen) atoms. The first kappa shape index (κ1) is 22.1. The van der Waals surface area contributed by atoms with Gasteiger partial charge >= 0.3 is 10.1 Å². The van der Waals surface area contributed by atoms with Gasteiger partial charge in [0.05, 0.1) is 16.2 Å². The van der Waals surface area contributed by atoms with E-state index < -0.39 is 20.0 Å². The maximum Gasteiger partial charge on any atom is 0.339 e. The Morgan fingerprint density at radius 2 is 1.24 bits per heavy atom. The highest BCUT2D eigenvalue weighted by molar-refractivity contribution is 7.90. The molecule has 0 fully saturated rings. The van der Waals surface area contributed by atoms with Crippen LogP contribution in [0, 0.1) is 0 Å². The molecule has 0 saturated heterocycles. The van der Waals surface area contributed by atoms with Crippen molar-refractivity contribution in [3.63, 3.8) is 0 Å². The van der Waals surface area contributed by atoms with Crippen molar-refractivity contribution in [2.45, 2.75) is 9.79 Å². The molecule has 0 bridgehead atoms. The minimum absolute atomic E-state index is 0.0257. The molecule has 8 heteroatoms. The standard InChI is InChI=1S/C26H19NO5S2/c1-33(28,29)20-11-13-21(14-12-20)34(30,31)32-24-15-10-18-6-2-4-8-22(18)25(24)26-23-9-5-3-7-19(23)16-17-27-26/h2-17H,1H3. The minimum Gasteiger partial charge on any atom is -0.378 e. The monoisotopic (exact) mass is 489 g/mol. The molecular weight excluding hydrogens is 470 g/mol. The van der Waals surface area contributed by atoms with Crippen molar-refractivity contribution in [2.24, 2.45) is 0 Å². The number of hydrogen-bond acceptors (Lipinski definition) is 6. The summed E-state index contributed by atoms with van der Waals surface area (Å²) < 4.78 is 55.4. The molecule has 170 valence electrons. The minimum atomic E-state index is -4.25. The Balaban J connectivity index is 1.69. The SMILES string of the molecule is CS(=O)(=O)c1ccc(S(=O)(=O)Oc2ccc3ccccc3c2-c2nccc3ccccc23)cc1. The van der Waals surface area contributed by atoms with Gasteiger partial charge in [0.1, 0.15) is 4.90 Å². The first-order valence-corrected chi connectivity index (χ1v) is 13.6. The molecule has 0 aliphatic carbocycles. The number of benzene rings is 4. The molecule has 0 unspecified atom stereocenters. The molecule has 1 heterocycles. The van der Waals surface area contributed by atoms with Crippen molar-refractivity contribution in [2.75, 3.05) is 6.26 Å². The summed E-state index contributed by atoms with van der Waals surface area (Å²) in [5.41, 5.74) is 1.17. The van der Waals surface area contributed by atoms with Crippen LogP contribution in [0.25, 0.3) is 32.8 Å². The molecule has 0 aliphatic heterocycles. The van der Waals surface area contributed by atoms with Gasteiger partial charge in [0.2, 0.25) is 0 Å². The number of aromatic nitrogens is 1. The van der Waals surface area contributed by atoms with E-state index in [0.717, 1.165) is 27.8 Å². The Kier molecular flexibility index (Phi) is 5.34. The third kappa shape index (κ3) is 4.02. The molecule has 1 aromatic heterocycles. The van der Waals surface area contributed by atoms with Crippen LogP contribution in [0.2, 0.25) is 0 Å². The van der Waals surface area contributed by atoms with Gasteiger partial charge in [-0.1, -0.05) is 54.6 Å². The van der Waals surface area contributed by atoms with Crippen LogP contribution in [-0.4, -0.2) is 28.1 Å². The second-order valence-electron chi connectivity index (χ2n) is 7.82. The lowest BCUT2D eigenvalue weighted by Gasteiger charge is -2.15. The number of nitrogens with zero attached hydrogens (tertiary/aromatic N) is 1. The van der Waals surface area contributed by atoms with E-state index in [1.165, 1.54) is 24.3 Å². The second kappa shape index (κ2) is 8.23. The van der Waals surface area contributed by atoms with Crippen LogP contribution >= 0.6 is 0 Å². The fraction of sp³-hybridized carbons (Fsp3) is 0.0385. The van der Waals surface area contributed by atoms with Gasteiger partial charge in [0.15, 0.2) is 15.6 Å². The third-order valence-corrected chi connectivity index (χ3v) is 7.92. The molecule has 0 spiro atoms. The molecule has 5 aromatic rings. The molecule has 0 N–H and O–H groups in total. The molecule has 0 saturated carbocycles. The van der Waals surface area contributed by atoms with Gasteiger partial charge in [-0.15, -0.1) is 0 Å². The summed E-state index contributed by atoms with van der Waals surface area (Å²) in [6.07, 6.45) is 2.74. The summed E-state index contributed by atoms with van der Waals surface area (Å²) in [5.74, 6) is 0.134. The van der Waals surface area contributed by atoms with Gasteiger partial charge in [-0.3, -0.25) is 4.98 Å². The van der Waals surface area contributed by atoms with Crippen molar-refractivity contribution in [3.8, 4) is 17.0 Å². The fourth-order valence-corrected chi connectivity index (χ4v) is 5.48. The molecule has 5 rings (SSSR count). The maximum absolute atomic E-state index is 13.2. The van der Waals surface area contributed by atoms with Crippen molar-refractivity contribution >= 4 is 41.5 Å². The number of sulfone groups is 1. The fourth-order valence-electron chi connectivity index (χ4n) is 3.90. The van der Waals surface area contributed by atoms with Crippen LogP contribution in [0.5, 0.6) is 5.75 Å². The molecule has 4 aromatic carbocycles. The van der Waals surface area contributed by atoms with E-state index in [1.54, 1.807) is 18.3 Å². The van der Waals surface area contributed by atoms with Crippen LogP contribution in [0.1, 0.15) is 0 Å². The highest BCUT2D eigenvalue weighted by Gasteiger charge is 2.23. The number of fused-ring (bicyclic) bond motifs is 2. The van der Waals surface area contributed by atoms with Gasteiger partial charge in [0, 0.05) is 17.8 Å². The van der Waals surface area contributed by atoms with Crippen LogP contribution in [0.3, 0.4) is 0 Å². The Bertz CT molecular complexity index is 1760. The van der Waals surface area contributed by atoms with E-state index in [4.69, 9.17) is 4.18 Å². The van der Waals surface area contributed by atoms with Gasteiger partial charge in [-0.05, 0) is 52.6 Å². The molecular formula is C26H19NO5S2. The van der Waals surface area contributed by atoms with Gasteiger partial charge in [0.25, 0.3) is 0 Å². The van der Waals surface area contributed by atoms with E-state index in [1.807, 2.05) is 54.6 Å². The Morgan fingerprint density at radius 1 is 0.647 bits per heavy atom. The summed E-state index contributed by atoms with van der Waals surface area (Å²) in [7, 11) is -7.71. The average Bonchev–Trinajstić information content (AvgIpc) is 2.83. The van der Waals surface area contributed by atoms with E-state index in [9.17, 15) is 16.8 Å². The van der Waals surface area contributed by atoms with E-state index in [-0.39, 0.29) is 15.5 Å². The lowest BCUT2D eigenvalue weighted by Crippen LogP contribution is -2.11. The molecule has 6 nitrogen and oxygen atoms in total. The summed E-state index contributed by atoms with van der Waals surface area (Å²) in [6.45, 7) is 0. The lowest BCUT2D eigenvalue weighted by atomic mass is 9.97. The summed E-state index contributed by atoms with van der Waals surface area (Å²) in [4.78, 5) is 4.47. The molecule has 0 radical (unpaired) electrons. The molecule has 0 atom stereocenters. The van der Waals surface area contributed by atoms with E-state index >= 15 is 0 Å². The van der Waals surface area contributed by atoms with Crippen molar-refractivity contribution in [3.05, 3.63) is 97.2 Å². The Morgan fingerprint density at radius 3 is 1.91 bits per heavy atom. The number of rotatable bonds is 5. The smallest absolute Gasteiger partial charge is 0.339 e. The number of hydrogen-bond donors (Lipinski definition) is 0. The summed E-state index contributed by atoms with van der Waals surface area (Å²) >= 11 is 0. The maximum atomic E-state index is 13.2. The zero-order valence-electron chi connectivity index (χ0n) is 18.0. The second-order valence-corrected chi connectivity index (χ2v) is 11.4. The van der Waals surface area contributed by atoms with Crippen molar-refractivity contribution < 1.29 is 21.0 Å². The predicted octanol–water partition coefficient (Wildman–Crippen LogP) is 5.23. The van der Waals surface area contributed by atoms with Gasteiger partial charge in [-0.25, -0.2) is 8.42 Å². The average molecular weight is 490 g/mol. The number of pyridine rings is 1. The summed E-state index contributed by atoms with van der Waals surface area (Å²) in [5, 5.41) is 3.53. The van der Waals surface area contributed by atoms with Gasteiger partial charge in [-0.2, -0.15) is 8.42 Å². The van der Waals surface area contributed by atoms with E-state index in [0.29, 0.717) is 11.3 Å². The first-order chi connectivity index (χ1) is 16.2. The Labute approximate surface area is 197 Å². The van der Waals surface area contributed by atoms with Crippen LogP contribution < -0.4 is 4.18 Å². The lowest BCUT2D eigenvalue weighted by molar-refractivity contribution is 0.487. The Hall–Kier alpha value is -3.75. The largest absolute Gasteiger partial charge is 0.378 e. The highest BCUT2D eigenvalue weighted by atomic mass is 32.2. The van der Waals surface area contributed by atoms with Crippen molar-refractivity contribution in [1.29, 1.82) is 0 Å². The predicted molar refractivity (Wildman–Crippen MR) is 132 cm³/mol. The van der Waals surface area contributed by atoms with Gasteiger partial charge < -0.3 is 4.18 Å². The first-order valence-electron chi connectivity index (χ1n) is 10.3. The highest BCUT2D eigenvalue weighted by Crippen LogP contribution is 2.40. The quantitative estimate of drug-likeness (QED) is 0.314. The zero-order valence-corrected chi connectivity index (χ0v) is 19.7. The normalized spacial score (nSPS) is 12.1.